The van der Waals surface area contributed by atoms with Gasteiger partial charge in [0.2, 0.25) is 0 Å². The van der Waals surface area contributed by atoms with Gasteiger partial charge < -0.3 is 0 Å². The third kappa shape index (κ3) is 5.62. The van der Waals surface area contributed by atoms with E-state index in [1.165, 1.54) is 36.3 Å². The molecule has 0 saturated heterocycles. The number of hydrogen-bond donors (Lipinski definition) is 0. The molecule has 0 radical (unpaired) electrons. The van der Waals surface area contributed by atoms with Crippen molar-refractivity contribution in [1.82, 2.24) is 4.57 Å². The summed E-state index contributed by atoms with van der Waals surface area (Å²) in [4.78, 5) is 10.4. The largest absolute Gasteiger partial charge is 2.00 e. The summed E-state index contributed by atoms with van der Waals surface area (Å²) in [6.45, 7) is 6.54. The molecule has 0 amide bonds. The minimum Gasteiger partial charge on any atom is -0.294 e. The second kappa shape index (κ2) is 13.3. The van der Waals surface area contributed by atoms with Crippen LogP contribution in [0.4, 0.5) is 0 Å². The fourth-order valence-corrected chi connectivity index (χ4v) is 8.02. The van der Waals surface area contributed by atoms with Gasteiger partial charge >= 0.3 is 31.1 Å². The van der Waals surface area contributed by atoms with Crippen LogP contribution in [0, 0.1) is 43.2 Å². The molecule has 0 spiro atoms. The fourth-order valence-electron chi connectivity index (χ4n) is 6.78. The molecule has 0 saturated carbocycles. The standard InChI is InChI=1S/C45H29N3S.U/c1-29(31-20-22-33(23-21-31)32-12-4-3-5-13-32)46-45(47-30(2)48-41-17-9-6-14-37(41)38-15-7-10-18-42(38)48)35-25-26-36-34(28-35)24-27-40-39-16-8-11-19-43(39)49-44(36)40;/h3-12,14-22,24-28H,2H2,1H3;/q-2;+2. The van der Waals surface area contributed by atoms with Gasteiger partial charge in [0.05, 0.1) is 11.0 Å². The average Bonchev–Trinajstić information content (AvgIpc) is 3.71. The number of amidine groups is 1. The van der Waals surface area contributed by atoms with Crippen molar-refractivity contribution in [3.63, 3.8) is 0 Å². The summed E-state index contributed by atoms with van der Waals surface area (Å²) in [6, 6.07) is 57.3. The van der Waals surface area contributed by atoms with Gasteiger partial charge in [-0.15, -0.1) is 29.5 Å². The summed E-state index contributed by atoms with van der Waals surface area (Å²) < 4.78 is 4.73. The molecule has 0 unspecified atom stereocenters. The molecule has 234 valence electrons. The number of fused-ring (bicyclic) bond motifs is 8. The van der Waals surface area contributed by atoms with Gasteiger partial charge in [0.15, 0.2) is 5.84 Å². The molecule has 9 rings (SSSR count). The van der Waals surface area contributed by atoms with Crippen molar-refractivity contribution in [3.8, 4) is 11.1 Å². The van der Waals surface area contributed by atoms with E-state index in [1.54, 1.807) is 0 Å². The zero-order chi connectivity index (χ0) is 32.9. The second-order valence-electron chi connectivity index (χ2n) is 12.2. The molecular weight excluding hydrogens is 853 g/mol. The molecule has 2 heterocycles. The van der Waals surface area contributed by atoms with Crippen molar-refractivity contribution in [3.05, 3.63) is 175 Å². The van der Waals surface area contributed by atoms with Gasteiger partial charge in [-0.05, 0) is 42.0 Å². The third-order valence-corrected chi connectivity index (χ3v) is 10.4. The quantitative estimate of drug-likeness (QED) is 0.0937. The van der Waals surface area contributed by atoms with Crippen LogP contribution in [0.3, 0.4) is 0 Å². The molecule has 50 heavy (non-hydrogen) atoms. The molecule has 0 fully saturated rings. The summed E-state index contributed by atoms with van der Waals surface area (Å²) in [5.74, 6) is 1.20. The van der Waals surface area contributed by atoms with E-state index in [9.17, 15) is 0 Å². The first-order valence-electron chi connectivity index (χ1n) is 16.3. The Bertz CT molecular complexity index is 2730. The van der Waals surface area contributed by atoms with Crippen LogP contribution in [-0.2, 0) is 0 Å². The van der Waals surface area contributed by atoms with Gasteiger partial charge in [0.1, 0.15) is 5.82 Å². The Morgan fingerprint density at radius 3 is 2.00 bits per heavy atom. The maximum Gasteiger partial charge on any atom is 2.00 e. The van der Waals surface area contributed by atoms with Crippen LogP contribution in [0.2, 0.25) is 0 Å². The zero-order valence-electron chi connectivity index (χ0n) is 27.3. The topological polar surface area (TPSA) is 29.6 Å². The van der Waals surface area contributed by atoms with Crippen molar-refractivity contribution in [2.24, 2.45) is 9.98 Å². The molecule has 7 aromatic carbocycles. The molecule has 9 aromatic rings. The minimum atomic E-state index is 0. The smallest absolute Gasteiger partial charge is 0.294 e. The SMILES string of the molecule is C=C(N=C(N=C(C)c1c[c-]c(-c2[c-]cccc2)cc1)c1ccc2c(ccc3c4ccccc4sc23)c1)n1c2ccccc2c2ccccc21.[U+2]. The summed E-state index contributed by atoms with van der Waals surface area (Å²) in [5, 5.41) is 7.30. The number of para-hydroxylation sites is 2. The molecule has 3 nitrogen and oxygen atoms in total. The van der Waals surface area contributed by atoms with Crippen molar-refractivity contribution < 1.29 is 31.1 Å². The Morgan fingerprint density at radius 1 is 0.620 bits per heavy atom. The van der Waals surface area contributed by atoms with Crippen LogP contribution in [0.15, 0.2) is 162 Å². The van der Waals surface area contributed by atoms with Crippen molar-refractivity contribution in [2.45, 2.75) is 6.92 Å². The first kappa shape index (κ1) is 32.2. The Hall–Kier alpha value is -5.05. The number of hydrogen-bond acceptors (Lipinski definition) is 2. The van der Waals surface area contributed by atoms with Crippen molar-refractivity contribution >= 4 is 81.5 Å². The Labute approximate surface area is 318 Å². The molecule has 0 atom stereocenters. The van der Waals surface area contributed by atoms with Crippen LogP contribution in [0.5, 0.6) is 0 Å². The van der Waals surface area contributed by atoms with E-state index in [4.69, 9.17) is 9.98 Å². The van der Waals surface area contributed by atoms with Gasteiger partial charge in [0.25, 0.3) is 0 Å². The molecule has 0 aliphatic rings. The van der Waals surface area contributed by atoms with Gasteiger partial charge in [-0.25, -0.2) is 21.1 Å². The third-order valence-electron chi connectivity index (χ3n) is 9.19. The molecule has 0 bridgehead atoms. The van der Waals surface area contributed by atoms with E-state index in [0.717, 1.165) is 44.4 Å². The number of thiophene rings is 1. The zero-order valence-corrected chi connectivity index (χ0v) is 32.3. The predicted octanol–water partition coefficient (Wildman–Crippen LogP) is 12.0. The predicted molar refractivity (Wildman–Crippen MR) is 210 cm³/mol. The van der Waals surface area contributed by atoms with Crippen LogP contribution in [-0.4, -0.2) is 16.1 Å². The Balaban J connectivity index is 0.00000361. The number of rotatable bonds is 5. The van der Waals surface area contributed by atoms with Gasteiger partial charge in [-0.1, -0.05) is 91.0 Å². The number of benzene rings is 7. The first-order chi connectivity index (χ1) is 24.1. The molecule has 5 heteroatoms. The van der Waals surface area contributed by atoms with Gasteiger partial charge in [-0.2, -0.15) is 36.4 Å². The molecule has 0 aliphatic carbocycles. The number of nitrogens with zero attached hydrogens (tertiary/aromatic N) is 3. The number of aromatic nitrogens is 1. The summed E-state index contributed by atoms with van der Waals surface area (Å²) >= 11 is 1.84. The summed E-state index contributed by atoms with van der Waals surface area (Å²) in [5.41, 5.74) is 6.87. The maximum absolute atomic E-state index is 5.21. The Kier molecular flexibility index (Phi) is 8.59. The van der Waals surface area contributed by atoms with E-state index in [1.807, 2.05) is 48.6 Å². The van der Waals surface area contributed by atoms with Gasteiger partial charge in [0, 0.05) is 42.2 Å². The molecular formula is C45H29N3SU. The molecule has 0 N–H and O–H groups in total. The van der Waals surface area contributed by atoms with Crippen molar-refractivity contribution in [1.29, 1.82) is 0 Å². The number of aliphatic imine (C=N–C) groups is 2. The van der Waals surface area contributed by atoms with E-state index >= 15 is 0 Å². The molecule has 0 aliphatic heterocycles. The van der Waals surface area contributed by atoms with E-state index in [2.05, 4.69) is 139 Å². The minimum absolute atomic E-state index is 0. The van der Waals surface area contributed by atoms with Crippen LogP contribution >= 0.6 is 11.3 Å². The normalized spacial score (nSPS) is 12.3. The monoisotopic (exact) mass is 881 g/mol. The van der Waals surface area contributed by atoms with Crippen LogP contribution < -0.4 is 0 Å². The van der Waals surface area contributed by atoms with Crippen molar-refractivity contribution in [2.75, 3.05) is 0 Å². The summed E-state index contributed by atoms with van der Waals surface area (Å²) in [6.07, 6.45) is 0. The second-order valence-corrected chi connectivity index (χ2v) is 13.2. The van der Waals surface area contributed by atoms with E-state index in [-0.39, 0.29) is 31.1 Å². The van der Waals surface area contributed by atoms with E-state index in [0.29, 0.717) is 11.7 Å². The van der Waals surface area contributed by atoms with Crippen LogP contribution in [0.1, 0.15) is 18.1 Å². The van der Waals surface area contributed by atoms with Gasteiger partial charge in [-0.3, -0.25) is 4.57 Å². The molecule has 2 aromatic heterocycles. The average molecular weight is 882 g/mol. The first-order valence-corrected chi connectivity index (χ1v) is 17.1. The van der Waals surface area contributed by atoms with Crippen LogP contribution in [0.25, 0.3) is 69.7 Å². The summed E-state index contributed by atoms with van der Waals surface area (Å²) in [7, 11) is 0. The van der Waals surface area contributed by atoms with E-state index < -0.39 is 0 Å². The Morgan fingerprint density at radius 2 is 1.28 bits per heavy atom. The fraction of sp³-hybridized carbons (Fsp3) is 0.0222. The maximum atomic E-state index is 5.21.